The number of halogens is 2. The number of hydrogen-bond donors (Lipinski definition) is 1. The maximum Gasteiger partial charge on any atom is 0.341 e. The fraction of sp³-hybridized carbons (Fsp3) is 0. The van der Waals surface area contributed by atoms with Crippen molar-refractivity contribution >= 4 is 29.2 Å². The van der Waals surface area contributed by atoms with Gasteiger partial charge in [-0.3, -0.25) is 0 Å². The Bertz CT molecular complexity index is 582. The van der Waals surface area contributed by atoms with E-state index in [1.807, 2.05) is 6.07 Å². The van der Waals surface area contributed by atoms with Gasteiger partial charge in [0, 0.05) is 0 Å². The van der Waals surface area contributed by atoms with Crippen LogP contribution in [0.15, 0.2) is 42.5 Å². The van der Waals surface area contributed by atoms with E-state index in [4.69, 9.17) is 33.0 Å². The number of benzene rings is 2. The molecule has 0 aliphatic carbocycles. The van der Waals surface area contributed by atoms with Crippen molar-refractivity contribution in [2.45, 2.75) is 0 Å². The maximum atomic E-state index is 11.2. The predicted octanol–water partition coefficient (Wildman–Crippen LogP) is 4.48. The third-order valence-corrected chi connectivity index (χ3v) is 2.85. The largest absolute Gasteiger partial charge is 0.477 e. The minimum Gasteiger partial charge on any atom is -0.477 e. The van der Waals surface area contributed by atoms with Crippen molar-refractivity contribution in [1.29, 1.82) is 0 Å². The van der Waals surface area contributed by atoms with Gasteiger partial charge in [0.1, 0.15) is 11.3 Å². The Morgan fingerprint density at radius 2 is 1.61 bits per heavy atom. The van der Waals surface area contributed by atoms with Crippen molar-refractivity contribution in [2.75, 3.05) is 0 Å². The van der Waals surface area contributed by atoms with Crippen LogP contribution in [-0.4, -0.2) is 11.1 Å². The highest BCUT2D eigenvalue weighted by Crippen LogP contribution is 2.36. The van der Waals surface area contributed by atoms with Gasteiger partial charge in [-0.2, -0.15) is 0 Å². The molecule has 0 atom stereocenters. The van der Waals surface area contributed by atoms with Crippen LogP contribution in [0.3, 0.4) is 0 Å². The van der Waals surface area contributed by atoms with Crippen molar-refractivity contribution in [3.8, 4) is 11.5 Å². The van der Waals surface area contributed by atoms with E-state index in [0.717, 1.165) is 0 Å². The van der Waals surface area contributed by atoms with Crippen LogP contribution < -0.4 is 4.74 Å². The van der Waals surface area contributed by atoms with Crippen LogP contribution in [0.25, 0.3) is 0 Å². The third kappa shape index (κ3) is 2.58. The molecule has 2 aromatic rings. The minimum atomic E-state index is -1.19. The summed E-state index contributed by atoms with van der Waals surface area (Å²) < 4.78 is 5.49. The lowest BCUT2D eigenvalue weighted by Crippen LogP contribution is -2.01. The summed E-state index contributed by atoms with van der Waals surface area (Å²) in [6.07, 6.45) is 0. The zero-order valence-corrected chi connectivity index (χ0v) is 10.6. The molecule has 0 unspecified atom stereocenters. The van der Waals surface area contributed by atoms with Crippen LogP contribution in [0.5, 0.6) is 11.5 Å². The number of carboxylic acid groups (broad SMARTS) is 1. The fourth-order valence-corrected chi connectivity index (χ4v) is 1.86. The summed E-state index contributed by atoms with van der Waals surface area (Å²) >= 11 is 11.8. The lowest BCUT2D eigenvalue weighted by Gasteiger charge is -2.11. The Morgan fingerprint density at radius 1 is 1.00 bits per heavy atom. The van der Waals surface area contributed by atoms with Gasteiger partial charge < -0.3 is 9.84 Å². The first-order chi connectivity index (χ1) is 8.59. The van der Waals surface area contributed by atoms with Gasteiger partial charge >= 0.3 is 5.97 Å². The molecule has 0 heterocycles. The molecular formula is C13H8Cl2O3. The second kappa shape index (κ2) is 5.29. The molecule has 0 saturated carbocycles. The lowest BCUT2D eigenvalue weighted by atomic mass is 10.2. The lowest BCUT2D eigenvalue weighted by molar-refractivity contribution is 0.0694. The first kappa shape index (κ1) is 12.7. The van der Waals surface area contributed by atoms with Crippen molar-refractivity contribution in [1.82, 2.24) is 0 Å². The van der Waals surface area contributed by atoms with Crippen molar-refractivity contribution in [3.05, 3.63) is 58.1 Å². The Hall–Kier alpha value is -1.71. The van der Waals surface area contributed by atoms with Crippen LogP contribution in [0.4, 0.5) is 0 Å². The second-order valence-corrected chi connectivity index (χ2v) is 4.27. The van der Waals surface area contributed by atoms with Crippen LogP contribution in [0, 0.1) is 0 Å². The third-order valence-electron chi connectivity index (χ3n) is 2.24. The van der Waals surface area contributed by atoms with Crippen molar-refractivity contribution in [2.24, 2.45) is 0 Å². The predicted molar refractivity (Wildman–Crippen MR) is 69.9 cm³/mol. The van der Waals surface area contributed by atoms with Gasteiger partial charge in [0.25, 0.3) is 0 Å². The van der Waals surface area contributed by atoms with Crippen LogP contribution in [0.1, 0.15) is 10.4 Å². The number of ether oxygens (including phenoxy) is 1. The summed E-state index contributed by atoms with van der Waals surface area (Å²) in [6.45, 7) is 0. The smallest absolute Gasteiger partial charge is 0.341 e. The number of carboxylic acids is 1. The van der Waals surface area contributed by atoms with E-state index in [0.29, 0.717) is 5.75 Å². The average Bonchev–Trinajstić information content (AvgIpc) is 2.35. The van der Waals surface area contributed by atoms with E-state index in [-0.39, 0.29) is 21.4 Å². The number of hydrogen-bond acceptors (Lipinski definition) is 2. The molecule has 0 aromatic heterocycles. The molecule has 0 spiro atoms. The van der Waals surface area contributed by atoms with Crippen LogP contribution >= 0.6 is 23.2 Å². The van der Waals surface area contributed by atoms with E-state index in [1.165, 1.54) is 12.1 Å². The Morgan fingerprint density at radius 3 is 2.22 bits per heavy atom. The molecule has 2 aromatic carbocycles. The molecule has 3 nitrogen and oxygen atoms in total. The molecule has 5 heteroatoms. The van der Waals surface area contributed by atoms with Crippen molar-refractivity contribution in [3.63, 3.8) is 0 Å². The normalized spacial score (nSPS) is 10.1. The van der Waals surface area contributed by atoms with Gasteiger partial charge in [-0.25, -0.2) is 4.79 Å². The highest BCUT2D eigenvalue weighted by atomic mass is 35.5. The number of carbonyl (C=O) groups is 1. The van der Waals surface area contributed by atoms with Crippen molar-refractivity contribution < 1.29 is 14.6 Å². The first-order valence-corrected chi connectivity index (χ1v) is 5.79. The Balaban J connectivity index is 2.50. The second-order valence-electron chi connectivity index (χ2n) is 3.45. The zero-order chi connectivity index (χ0) is 13.1. The number of aromatic carboxylic acids is 1. The highest BCUT2D eigenvalue weighted by molar-refractivity contribution is 6.37. The molecule has 18 heavy (non-hydrogen) atoms. The van der Waals surface area contributed by atoms with Gasteiger partial charge in [-0.05, 0) is 24.3 Å². The molecule has 0 fully saturated rings. The summed E-state index contributed by atoms with van der Waals surface area (Å²) in [5, 5.41) is 9.40. The molecule has 0 radical (unpaired) electrons. The summed E-state index contributed by atoms with van der Waals surface area (Å²) in [4.78, 5) is 11.2. The fourth-order valence-electron chi connectivity index (χ4n) is 1.44. The van der Waals surface area contributed by atoms with Gasteiger partial charge in [-0.15, -0.1) is 0 Å². The van der Waals surface area contributed by atoms with Gasteiger partial charge in [0.15, 0.2) is 5.75 Å². The Kier molecular flexibility index (Phi) is 3.75. The summed E-state index contributed by atoms with van der Waals surface area (Å²) in [6, 6.07) is 11.7. The van der Waals surface area contributed by atoms with E-state index >= 15 is 0 Å². The molecule has 1 N–H and O–H groups in total. The van der Waals surface area contributed by atoms with Gasteiger partial charge in [-0.1, -0.05) is 41.4 Å². The molecule has 2 rings (SSSR count). The van der Waals surface area contributed by atoms with E-state index < -0.39 is 5.97 Å². The maximum absolute atomic E-state index is 11.2. The Labute approximate surface area is 114 Å². The SMILES string of the molecule is O=C(O)c1c(Cl)ccc(Cl)c1Oc1ccccc1. The topological polar surface area (TPSA) is 46.5 Å². The standard InChI is InChI=1S/C13H8Cl2O3/c14-9-6-7-10(15)12(11(9)13(16)17)18-8-4-2-1-3-5-8/h1-7H,(H,16,17). The first-order valence-electron chi connectivity index (χ1n) is 5.04. The van der Waals surface area contributed by atoms with Crippen LogP contribution in [0.2, 0.25) is 10.0 Å². The van der Waals surface area contributed by atoms with Gasteiger partial charge in [0.2, 0.25) is 0 Å². The summed E-state index contributed by atoms with van der Waals surface area (Å²) in [5.74, 6) is -0.652. The average molecular weight is 283 g/mol. The highest BCUT2D eigenvalue weighted by Gasteiger charge is 2.19. The zero-order valence-electron chi connectivity index (χ0n) is 9.06. The molecule has 0 saturated heterocycles. The number of para-hydroxylation sites is 1. The summed E-state index contributed by atoms with van der Waals surface area (Å²) in [7, 11) is 0. The quantitative estimate of drug-likeness (QED) is 0.903. The molecule has 0 aliphatic heterocycles. The minimum absolute atomic E-state index is 0.0443. The molecule has 0 aliphatic rings. The molecule has 0 amide bonds. The van der Waals surface area contributed by atoms with Gasteiger partial charge in [0.05, 0.1) is 10.0 Å². The van der Waals surface area contributed by atoms with E-state index in [9.17, 15) is 4.79 Å². The molecule has 0 bridgehead atoms. The monoisotopic (exact) mass is 282 g/mol. The molecule has 92 valence electrons. The molecular weight excluding hydrogens is 275 g/mol. The summed E-state index contributed by atoms with van der Waals surface area (Å²) in [5.41, 5.74) is -0.145. The number of rotatable bonds is 3. The van der Waals surface area contributed by atoms with Crippen LogP contribution in [-0.2, 0) is 0 Å². The van der Waals surface area contributed by atoms with E-state index in [1.54, 1.807) is 24.3 Å². The van der Waals surface area contributed by atoms with E-state index in [2.05, 4.69) is 0 Å².